The number of benzene rings is 1. The van der Waals surface area contributed by atoms with Crippen molar-refractivity contribution >= 4 is 16.8 Å². The van der Waals surface area contributed by atoms with E-state index in [1.165, 1.54) is 33.5 Å². The third-order valence-corrected chi connectivity index (χ3v) is 5.18. The van der Waals surface area contributed by atoms with Gasteiger partial charge in [0.2, 0.25) is 0 Å². The molecule has 1 aromatic carbocycles. The van der Waals surface area contributed by atoms with Crippen molar-refractivity contribution in [3.63, 3.8) is 0 Å². The van der Waals surface area contributed by atoms with E-state index in [9.17, 15) is 0 Å². The highest BCUT2D eigenvalue weighted by molar-refractivity contribution is 5.97. The van der Waals surface area contributed by atoms with Gasteiger partial charge in [0.1, 0.15) is 0 Å². The summed E-state index contributed by atoms with van der Waals surface area (Å²) in [6.45, 7) is 13.0. The molecule has 1 nitrogen and oxygen atoms in total. The first kappa shape index (κ1) is 16.6. The molecule has 4 rings (SSSR count). The highest BCUT2D eigenvalue weighted by Crippen LogP contribution is 2.54. The summed E-state index contributed by atoms with van der Waals surface area (Å²) in [5, 5.41) is 0. The predicted octanol–water partition coefficient (Wildman–Crippen LogP) is 6.25. The van der Waals surface area contributed by atoms with E-state index in [0.717, 1.165) is 12.0 Å². The lowest BCUT2D eigenvalue weighted by Gasteiger charge is -2.27. The zero-order valence-electron chi connectivity index (χ0n) is 15.5. The summed E-state index contributed by atoms with van der Waals surface area (Å²) in [6.07, 6.45) is 14.0. The number of fused-ring (bicyclic) bond motifs is 4. The molecule has 0 saturated heterocycles. The number of rotatable bonds is 0. The molecule has 0 bridgehead atoms. The van der Waals surface area contributed by atoms with Crippen LogP contribution in [-0.4, -0.2) is 7.05 Å². The number of hydrogen-bond donors (Lipinski definition) is 0. The van der Waals surface area contributed by atoms with Crippen LogP contribution in [0.2, 0.25) is 0 Å². The smallest absolute Gasteiger partial charge is 0.0489 e. The van der Waals surface area contributed by atoms with E-state index in [1.54, 1.807) is 0 Å². The van der Waals surface area contributed by atoms with Crippen molar-refractivity contribution in [1.82, 2.24) is 0 Å². The molecule has 0 N–H and O–H groups in total. The van der Waals surface area contributed by atoms with Crippen molar-refractivity contribution in [3.8, 4) is 0 Å². The van der Waals surface area contributed by atoms with E-state index in [4.69, 9.17) is 0 Å². The SMILES string of the molecule is C=C1/C=C\C=C/N(C)c2ccc3c(c21)C1=C(C=CC1)C3(C)C.CC. The highest BCUT2D eigenvalue weighted by Gasteiger charge is 2.39. The van der Waals surface area contributed by atoms with E-state index in [0.29, 0.717) is 0 Å². The van der Waals surface area contributed by atoms with Crippen LogP contribution in [0.3, 0.4) is 0 Å². The lowest BCUT2D eigenvalue weighted by Crippen LogP contribution is -2.18. The fourth-order valence-electron chi connectivity index (χ4n) is 4.03. The standard InChI is InChI=1S/C21H21N.C2H6/c1-14-8-5-6-13-22(4)18-12-11-17-20(19(14)18)15-9-7-10-16(15)21(17,2)3;1-2/h5-8,10-13H,1,9H2,2-4H3;1-2H3/b8-5-,13-6-;. The first-order chi connectivity index (χ1) is 11.5. The Morgan fingerprint density at radius 2 is 1.79 bits per heavy atom. The molecule has 1 heterocycles. The van der Waals surface area contributed by atoms with Crippen LogP contribution in [0.25, 0.3) is 11.1 Å². The summed E-state index contributed by atoms with van der Waals surface area (Å²) in [6, 6.07) is 4.56. The lowest BCUT2D eigenvalue weighted by molar-refractivity contribution is 0.655. The second kappa shape index (κ2) is 5.98. The summed E-state index contributed by atoms with van der Waals surface area (Å²) >= 11 is 0. The van der Waals surface area contributed by atoms with Gasteiger partial charge in [0.15, 0.2) is 0 Å². The van der Waals surface area contributed by atoms with Crippen LogP contribution >= 0.6 is 0 Å². The predicted molar refractivity (Wildman–Crippen MR) is 107 cm³/mol. The van der Waals surface area contributed by atoms with E-state index < -0.39 is 0 Å². The molecule has 2 aliphatic carbocycles. The fourth-order valence-corrected chi connectivity index (χ4v) is 4.03. The van der Waals surface area contributed by atoms with Crippen LogP contribution in [0.5, 0.6) is 0 Å². The minimum absolute atomic E-state index is 0.0907. The van der Waals surface area contributed by atoms with Gasteiger partial charge >= 0.3 is 0 Å². The molecule has 1 aliphatic heterocycles. The number of hydrogen-bond acceptors (Lipinski definition) is 1. The van der Waals surface area contributed by atoms with Crippen LogP contribution in [0.1, 0.15) is 50.8 Å². The maximum atomic E-state index is 4.34. The lowest BCUT2D eigenvalue weighted by atomic mass is 9.80. The Morgan fingerprint density at radius 1 is 1.04 bits per heavy atom. The molecule has 0 atom stereocenters. The molecule has 0 fully saturated rings. The Labute approximate surface area is 146 Å². The van der Waals surface area contributed by atoms with E-state index >= 15 is 0 Å². The van der Waals surface area contributed by atoms with Crippen molar-refractivity contribution in [2.24, 2.45) is 0 Å². The third kappa shape index (κ3) is 2.23. The Kier molecular flexibility index (Phi) is 4.13. The van der Waals surface area contributed by atoms with Gasteiger partial charge in [0.05, 0.1) is 0 Å². The molecule has 1 heteroatoms. The van der Waals surface area contributed by atoms with Crippen molar-refractivity contribution < 1.29 is 0 Å². The molecule has 0 aromatic heterocycles. The number of anilines is 1. The Bertz CT molecular complexity index is 813. The largest absolute Gasteiger partial charge is 0.351 e. The first-order valence-corrected chi connectivity index (χ1v) is 8.87. The van der Waals surface area contributed by atoms with Crippen LogP contribution in [0.4, 0.5) is 5.69 Å². The van der Waals surface area contributed by atoms with Gasteiger partial charge in [-0.1, -0.05) is 64.6 Å². The zero-order chi connectivity index (χ0) is 17.5. The summed E-state index contributed by atoms with van der Waals surface area (Å²) in [5.41, 5.74) is 9.54. The van der Waals surface area contributed by atoms with Gasteiger partial charge in [-0.15, -0.1) is 0 Å². The highest BCUT2D eigenvalue weighted by atomic mass is 15.1. The first-order valence-electron chi connectivity index (χ1n) is 8.87. The van der Waals surface area contributed by atoms with Gasteiger partial charge in [-0.05, 0) is 46.4 Å². The van der Waals surface area contributed by atoms with Crippen LogP contribution in [-0.2, 0) is 5.41 Å². The van der Waals surface area contributed by atoms with Crippen LogP contribution in [0, 0.1) is 0 Å². The average Bonchev–Trinajstić information content (AvgIpc) is 3.14. The van der Waals surface area contributed by atoms with E-state index in [1.807, 2.05) is 13.8 Å². The second-order valence-electron chi connectivity index (χ2n) is 6.84. The average molecular weight is 317 g/mol. The normalized spacial score (nSPS) is 22.0. The van der Waals surface area contributed by atoms with Crippen LogP contribution < -0.4 is 4.90 Å². The Hall–Kier alpha value is -2.28. The quantitative estimate of drug-likeness (QED) is 0.546. The second-order valence-corrected chi connectivity index (χ2v) is 6.84. The maximum Gasteiger partial charge on any atom is 0.0489 e. The molecule has 0 radical (unpaired) electrons. The van der Waals surface area contributed by atoms with Gasteiger partial charge < -0.3 is 4.90 Å². The molecular formula is C23H27N. The molecule has 124 valence electrons. The molecule has 24 heavy (non-hydrogen) atoms. The van der Waals surface area contributed by atoms with Gasteiger partial charge in [-0.2, -0.15) is 0 Å². The van der Waals surface area contributed by atoms with Crippen molar-refractivity contribution in [1.29, 1.82) is 0 Å². The minimum atomic E-state index is 0.0907. The summed E-state index contributed by atoms with van der Waals surface area (Å²) in [7, 11) is 2.11. The molecule has 0 spiro atoms. The number of allylic oxidation sites excluding steroid dienone is 8. The fraction of sp³-hybridized carbons (Fsp3) is 0.304. The molecule has 1 aromatic rings. The Balaban J connectivity index is 0.000000815. The molecule has 0 unspecified atom stereocenters. The molecule has 0 amide bonds. The summed E-state index contributed by atoms with van der Waals surface area (Å²) in [5.74, 6) is 0. The van der Waals surface area contributed by atoms with Crippen molar-refractivity contribution in [2.75, 3.05) is 11.9 Å². The van der Waals surface area contributed by atoms with Gasteiger partial charge in [0, 0.05) is 29.9 Å². The summed E-state index contributed by atoms with van der Waals surface area (Å²) in [4.78, 5) is 2.19. The van der Waals surface area contributed by atoms with Crippen molar-refractivity contribution in [3.05, 3.63) is 77.6 Å². The van der Waals surface area contributed by atoms with Crippen LogP contribution in [0.15, 0.2) is 60.9 Å². The maximum absolute atomic E-state index is 4.34. The van der Waals surface area contributed by atoms with Gasteiger partial charge in [-0.3, -0.25) is 0 Å². The van der Waals surface area contributed by atoms with E-state index in [-0.39, 0.29) is 5.41 Å². The van der Waals surface area contributed by atoms with E-state index in [2.05, 4.69) is 81.1 Å². The molecular weight excluding hydrogens is 290 g/mol. The monoisotopic (exact) mass is 317 g/mol. The minimum Gasteiger partial charge on any atom is -0.351 e. The molecule has 3 aliphatic rings. The third-order valence-electron chi connectivity index (χ3n) is 5.18. The van der Waals surface area contributed by atoms with Crippen molar-refractivity contribution in [2.45, 2.75) is 39.5 Å². The zero-order valence-corrected chi connectivity index (χ0v) is 15.5. The molecule has 0 saturated carbocycles. The van der Waals surface area contributed by atoms with Gasteiger partial charge in [-0.25, -0.2) is 0 Å². The topological polar surface area (TPSA) is 3.24 Å². The summed E-state index contributed by atoms with van der Waals surface area (Å²) < 4.78 is 0. The number of nitrogens with zero attached hydrogens (tertiary/aromatic N) is 1. The Morgan fingerprint density at radius 3 is 2.54 bits per heavy atom. The van der Waals surface area contributed by atoms with Gasteiger partial charge in [0.25, 0.3) is 0 Å².